The molecular weight excluding hydrogens is 342 g/mol. The number of benzene rings is 1. The average Bonchev–Trinajstić information content (AvgIpc) is 2.97. The van der Waals surface area contributed by atoms with Gasteiger partial charge in [0.25, 0.3) is 5.91 Å². The van der Waals surface area contributed by atoms with Gasteiger partial charge in [-0.15, -0.1) is 11.3 Å². The summed E-state index contributed by atoms with van der Waals surface area (Å²) in [4.78, 5) is 19.0. The summed E-state index contributed by atoms with van der Waals surface area (Å²) in [6.07, 6.45) is 4.48. The van der Waals surface area contributed by atoms with Gasteiger partial charge in [-0.25, -0.2) is 4.98 Å². The molecule has 0 fully saturated rings. The number of nitrogens with one attached hydrogen (secondary N) is 1. The molecule has 134 valence electrons. The number of carbonyl (C=O) groups excluding carboxylic acids is 1. The van der Waals surface area contributed by atoms with Gasteiger partial charge >= 0.3 is 0 Å². The van der Waals surface area contributed by atoms with Gasteiger partial charge in [-0.05, 0) is 55.4 Å². The van der Waals surface area contributed by atoms with Crippen molar-refractivity contribution >= 4 is 38.8 Å². The van der Waals surface area contributed by atoms with Gasteiger partial charge in [0, 0.05) is 16.8 Å². The van der Waals surface area contributed by atoms with E-state index in [1.807, 2.05) is 31.2 Å². The third kappa shape index (κ3) is 2.97. The molecule has 0 bridgehead atoms. The van der Waals surface area contributed by atoms with Crippen LogP contribution in [-0.4, -0.2) is 10.9 Å². The van der Waals surface area contributed by atoms with Crippen LogP contribution in [0, 0.1) is 12.8 Å². The van der Waals surface area contributed by atoms with Crippen LogP contribution >= 0.6 is 11.3 Å². The molecule has 2 heterocycles. The summed E-state index contributed by atoms with van der Waals surface area (Å²) >= 11 is 1.39. The first-order valence-electron chi connectivity index (χ1n) is 9.14. The van der Waals surface area contributed by atoms with Crippen molar-refractivity contribution in [2.75, 3.05) is 11.1 Å². The fourth-order valence-corrected chi connectivity index (χ4v) is 4.67. The van der Waals surface area contributed by atoms with Crippen molar-refractivity contribution < 1.29 is 4.79 Å². The minimum absolute atomic E-state index is 0.163. The van der Waals surface area contributed by atoms with E-state index >= 15 is 0 Å². The molecule has 0 saturated heterocycles. The Morgan fingerprint density at radius 2 is 2.19 bits per heavy atom. The summed E-state index contributed by atoms with van der Waals surface area (Å²) in [5, 5.41) is 3.89. The van der Waals surface area contributed by atoms with Crippen molar-refractivity contribution in [2.45, 2.75) is 39.5 Å². The maximum absolute atomic E-state index is 12.8. The van der Waals surface area contributed by atoms with Crippen molar-refractivity contribution in [3.05, 3.63) is 52.0 Å². The lowest BCUT2D eigenvalue weighted by Gasteiger charge is -2.22. The second kappa shape index (κ2) is 6.72. The van der Waals surface area contributed by atoms with Crippen molar-refractivity contribution in [3.63, 3.8) is 0 Å². The van der Waals surface area contributed by atoms with E-state index in [4.69, 9.17) is 10.7 Å². The quantitative estimate of drug-likeness (QED) is 0.690. The third-order valence-corrected chi connectivity index (χ3v) is 6.48. The molecule has 1 aromatic carbocycles. The summed E-state index contributed by atoms with van der Waals surface area (Å²) in [5.74, 6) is 0.564. The second-order valence-corrected chi connectivity index (χ2v) is 8.08. The monoisotopic (exact) mass is 365 g/mol. The first-order valence-corrected chi connectivity index (χ1v) is 9.96. The minimum atomic E-state index is -0.163. The number of fused-ring (bicyclic) bond motifs is 2. The Kier molecular flexibility index (Phi) is 4.41. The highest BCUT2D eigenvalue weighted by molar-refractivity contribution is 7.21. The summed E-state index contributed by atoms with van der Waals surface area (Å²) in [7, 11) is 0. The zero-order valence-electron chi connectivity index (χ0n) is 15.1. The summed E-state index contributed by atoms with van der Waals surface area (Å²) < 4.78 is 0. The van der Waals surface area contributed by atoms with E-state index in [2.05, 4.69) is 18.3 Å². The van der Waals surface area contributed by atoms with Crippen LogP contribution in [0.1, 0.15) is 46.3 Å². The smallest absolute Gasteiger partial charge is 0.267 e. The Morgan fingerprint density at radius 1 is 1.38 bits per heavy atom. The molecule has 0 radical (unpaired) electrons. The van der Waals surface area contributed by atoms with Crippen LogP contribution in [0.25, 0.3) is 10.2 Å². The predicted molar refractivity (Wildman–Crippen MR) is 109 cm³/mol. The number of carbonyl (C=O) groups is 1. The number of aromatic nitrogens is 1. The van der Waals surface area contributed by atoms with Crippen LogP contribution in [0.2, 0.25) is 0 Å². The highest BCUT2D eigenvalue weighted by atomic mass is 32.1. The van der Waals surface area contributed by atoms with Gasteiger partial charge in [-0.2, -0.15) is 0 Å². The maximum Gasteiger partial charge on any atom is 0.267 e. The van der Waals surface area contributed by atoms with E-state index in [1.54, 1.807) is 0 Å². The molecule has 0 spiro atoms. The second-order valence-electron chi connectivity index (χ2n) is 7.08. The van der Waals surface area contributed by atoms with E-state index in [0.717, 1.165) is 40.2 Å². The average molecular weight is 366 g/mol. The van der Waals surface area contributed by atoms with Crippen molar-refractivity contribution in [3.8, 4) is 0 Å². The number of hydrogen-bond acceptors (Lipinski definition) is 4. The number of hydrogen-bond donors (Lipinski definition) is 2. The molecular formula is C21H23N3OS. The number of rotatable bonds is 3. The molecule has 1 aliphatic rings. The highest BCUT2D eigenvalue weighted by Crippen LogP contribution is 2.37. The van der Waals surface area contributed by atoms with Crippen molar-refractivity contribution in [1.82, 2.24) is 4.98 Å². The van der Waals surface area contributed by atoms with Crippen LogP contribution in [-0.2, 0) is 12.8 Å². The summed E-state index contributed by atoms with van der Waals surface area (Å²) in [5.41, 5.74) is 11.2. The number of aryl methyl sites for hydroxylation is 2. The Hall–Kier alpha value is -2.40. The van der Waals surface area contributed by atoms with Gasteiger partial charge in [0.1, 0.15) is 9.71 Å². The molecule has 5 heteroatoms. The Bertz CT molecular complexity index is 992. The lowest BCUT2D eigenvalue weighted by atomic mass is 9.85. The van der Waals surface area contributed by atoms with Gasteiger partial charge < -0.3 is 11.1 Å². The van der Waals surface area contributed by atoms with E-state index in [-0.39, 0.29) is 5.91 Å². The Labute approximate surface area is 157 Å². The normalized spacial score (nSPS) is 16.5. The van der Waals surface area contributed by atoms with E-state index < -0.39 is 0 Å². The molecule has 3 N–H and O–H groups in total. The number of anilines is 2. The van der Waals surface area contributed by atoms with Crippen LogP contribution in [0.4, 0.5) is 11.4 Å². The zero-order valence-corrected chi connectivity index (χ0v) is 16.0. The van der Waals surface area contributed by atoms with Crippen molar-refractivity contribution in [1.29, 1.82) is 0 Å². The number of para-hydroxylation sites is 1. The number of nitrogens with two attached hydrogens (primary N) is 1. The fourth-order valence-electron chi connectivity index (χ4n) is 3.68. The van der Waals surface area contributed by atoms with E-state index in [0.29, 0.717) is 10.6 Å². The first-order chi connectivity index (χ1) is 12.6. The molecule has 1 atom stereocenters. The van der Waals surface area contributed by atoms with E-state index in [9.17, 15) is 4.79 Å². The lowest BCUT2D eigenvalue weighted by molar-refractivity contribution is 0.103. The van der Waals surface area contributed by atoms with Gasteiger partial charge in [0.05, 0.1) is 5.69 Å². The molecule has 0 aliphatic heterocycles. The van der Waals surface area contributed by atoms with Crippen LogP contribution in [0.3, 0.4) is 0 Å². The first kappa shape index (κ1) is 17.0. The number of pyridine rings is 1. The van der Waals surface area contributed by atoms with Crippen molar-refractivity contribution in [2.24, 2.45) is 5.92 Å². The molecule has 1 aliphatic carbocycles. The predicted octanol–water partition coefficient (Wildman–Crippen LogP) is 4.95. The number of thiophene rings is 1. The van der Waals surface area contributed by atoms with Gasteiger partial charge in [-0.3, -0.25) is 4.79 Å². The largest absolute Gasteiger partial charge is 0.397 e. The zero-order chi connectivity index (χ0) is 18.3. The fraction of sp³-hybridized carbons (Fsp3) is 0.333. The Morgan fingerprint density at radius 3 is 2.96 bits per heavy atom. The third-order valence-electron chi connectivity index (χ3n) is 5.36. The molecule has 0 unspecified atom stereocenters. The molecule has 3 aromatic rings. The number of nitrogen functional groups attached to an aromatic ring is 1. The van der Waals surface area contributed by atoms with Gasteiger partial charge in [-0.1, -0.05) is 31.5 Å². The molecule has 0 saturated carbocycles. The molecule has 1 amide bonds. The van der Waals surface area contributed by atoms with Crippen LogP contribution in [0.15, 0.2) is 30.3 Å². The summed E-state index contributed by atoms with van der Waals surface area (Å²) in [6.45, 7) is 4.22. The number of amides is 1. The molecule has 26 heavy (non-hydrogen) atoms. The van der Waals surface area contributed by atoms with Gasteiger partial charge in [0.2, 0.25) is 0 Å². The Balaban J connectivity index is 1.69. The van der Waals surface area contributed by atoms with Crippen LogP contribution in [0.5, 0.6) is 0 Å². The maximum atomic E-state index is 12.8. The SMILES string of the molecule is CC[C@H]1CCc2nc3sc(C(=O)Nc4ccccc4C)c(N)c3cc2C1. The molecule has 4 rings (SSSR count). The highest BCUT2D eigenvalue weighted by Gasteiger charge is 2.23. The molecule has 2 aromatic heterocycles. The minimum Gasteiger partial charge on any atom is -0.397 e. The summed E-state index contributed by atoms with van der Waals surface area (Å²) in [6, 6.07) is 9.91. The lowest BCUT2D eigenvalue weighted by Crippen LogP contribution is -2.14. The standard InChI is InChI=1S/C21H23N3OS/c1-3-13-8-9-17-14(10-13)11-15-18(22)19(26-21(15)24-17)20(25)23-16-7-5-4-6-12(16)2/h4-7,11,13H,3,8-10,22H2,1-2H3,(H,23,25)/t13-/m0/s1. The number of nitrogens with zero attached hydrogens (tertiary/aromatic N) is 1. The molecule has 4 nitrogen and oxygen atoms in total. The van der Waals surface area contributed by atoms with Gasteiger partial charge in [0.15, 0.2) is 0 Å². The topological polar surface area (TPSA) is 68.0 Å². The van der Waals surface area contributed by atoms with E-state index in [1.165, 1.54) is 35.4 Å². The van der Waals surface area contributed by atoms with Crippen LogP contribution < -0.4 is 11.1 Å².